The van der Waals surface area contributed by atoms with Gasteiger partial charge in [-0.15, -0.1) is 5.10 Å². The van der Waals surface area contributed by atoms with E-state index in [0.29, 0.717) is 22.7 Å². The Labute approximate surface area is 155 Å². The van der Waals surface area contributed by atoms with Gasteiger partial charge in [0.25, 0.3) is 5.82 Å². The average Bonchev–Trinajstić information content (AvgIpc) is 3.10. The molecule has 0 amide bonds. The second-order valence-corrected chi connectivity index (χ2v) is 5.52. The first-order valence-electron chi connectivity index (χ1n) is 7.82. The summed E-state index contributed by atoms with van der Waals surface area (Å²) in [5.41, 5.74) is 1.12. The Hall–Kier alpha value is -3.24. The maximum Gasteiger partial charge on any atom is 0.453 e. The molecule has 11 heteroatoms. The number of pyridine rings is 1. The Morgan fingerprint density at radius 3 is 2.57 bits per heavy atom. The summed E-state index contributed by atoms with van der Waals surface area (Å²) in [5.74, 6) is -0.960. The van der Waals surface area contributed by atoms with Gasteiger partial charge in [-0.3, -0.25) is 0 Å². The van der Waals surface area contributed by atoms with Crippen LogP contribution in [0.15, 0.2) is 42.7 Å². The highest BCUT2D eigenvalue weighted by Gasteiger charge is 2.35. The number of methoxy groups -OCH3 is 1. The maximum absolute atomic E-state index is 12.6. The van der Waals surface area contributed by atoms with E-state index in [0.717, 1.165) is 11.0 Å². The molecular weight excluding hydrogens is 387 g/mol. The molecule has 0 aliphatic heterocycles. The molecule has 0 atom stereocenters. The Morgan fingerprint density at radius 2 is 1.93 bits per heavy atom. The van der Waals surface area contributed by atoms with Crippen LogP contribution in [-0.2, 0) is 12.7 Å². The molecule has 0 unspecified atom stereocenters. The molecule has 28 heavy (non-hydrogen) atoms. The van der Waals surface area contributed by atoms with Gasteiger partial charge in [0.15, 0.2) is 0 Å². The predicted molar refractivity (Wildman–Crippen MR) is 87.0 cm³/mol. The minimum Gasteiger partial charge on any atom is -0.494 e. The Kier molecular flexibility index (Phi) is 5.43. The van der Waals surface area contributed by atoms with Gasteiger partial charge in [-0.05, 0) is 24.3 Å². The third-order valence-corrected chi connectivity index (χ3v) is 3.58. The Morgan fingerprint density at radius 1 is 1.14 bits per heavy atom. The fraction of sp³-hybridized carbons (Fsp3) is 0.235. The summed E-state index contributed by atoms with van der Waals surface area (Å²) in [5, 5.41) is 3.37. The quantitative estimate of drug-likeness (QED) is 0.585. The molecule has 0 bridgehead atoms. The molecule has 3 aromatic rings. The molecule has 0 fully saturated rings. The molecule has 0 aliphatic carbocycles. The van der Waals surface area contributed by atoms with Gasteiger partial charge in [0.2, 0.25) is 0 Å². The molecule has 0 saturated heterocycles. The van der Waals surface area contributed by atoms with E-state index < -0.39 is 18.6 Å². The number of benzene rings is 1. The third-order valence-electron chi connectivity index (χ3n) is 3.58. The molecule has 3 rings (SSSR count). The number of hydrogen-bond donors (Lipinski definition) is 0. The fourth-order valence-corrected chi connectivity index (χ4v) is 2.43. The number of halogens is 5. The normalized spacial score (nSPS) is 11.7. The maximum atomic E-state index is 12.6. The summed E-state index contributed by atoms with van der Waals surface area (Å²) in [7, 11) is 1.41. The number of alkyl halides is 5. The second-order valence-electron chi connectivity index (χ2n) is 5.52. The summed E-state index contributed by atoms with van der Waals surface area (Å²) < 4.78 is 73.3. The van der Waals surface area contributed by atoms with Gasteiger partial charge in [-0.2, -0.15) is 22.0 Å². The number of aromatic nitrogens is 4. The highest BCUT2D eigenvalue weighted by Crippen LogP contribution is 2.31. The van der Waals surface area contributed by atoms with Crippen LogP contribution in [0.2, 0.25) is 0 Å². The minimum atomic E-state index is -4.64. The molecule has 2 heterocycles. The van der Waals surface area contributed by atoms with Crippen LogP contribution in [0.1, 0.15) is 11.5 Å². The molecule has 0 spiro atoms. The summed E-state index contributed by atoms with van der Waals surface area (Å²) in [6.07, 6.45) is -3.69. The molecule has 0 radical (unpaired) electrons. The zero-order valence-corrected chi connectivity index (χ0v) is 14.3. The summed E-state index contributed by atoms with van der Waals surface area (Å²) in [4.78, 5) is 7.59. The molecule has 0 saturated carbocycles. The molecular formula is C17H13F5N4O2. The minimum absolute atomic E-state index is 0.0622. The zero-order valence-electron chi connectivity index (χ0n) is 14.3. The molecule has 2 aromatic heterocycles. The van der Waals surface area contributed by atoms with E-state index in [1.807, 2.05) is 0 Å². The van der Waals surface area contributed by atoms with Crippen molar-refractivity contribution in [2.45, 2.75) is 19.3 Å². The van der Waals surface area contributed by atoms with Crippen LogP contribution >= 0.6 is 0 Å². The van der Waals surface area contributed by atoms with Crippen LogP contribution in [0.3, 0.4) is 0 Å². The van der Waals surface area contributed by atoms with Crippen molar-refractivity contribution < 1.29 is 31.4 Å². The lowest BCUT2D eigenvalue weighted by Gasteiger charge is -2.11. The molecule has 6 nitrogen and oxygen atoms in total. The van der Waals surface area contributed by atoms with Gasteiger partial charge in [0.05, 0.1) is 19.3 Å². The lowest BCUT2D eigenvalue weighted by molar-refractivity contribution is -0.145. The van der Waals surface area contributed by atoms with Crippen LogP contribution in [0.4, 0.5) is 22.0 Å². The Bertz CT molecular complexity index is 959. The van der Waals surface area contributed by atoms with Gasteiger partial charge in [-0.1, -0.05) is 12.1 Å². The highest BCUT2D eigenvalue weighted by atomic mass is 19.4. The van der Waals surface area contributed by atoms with Crippen LogP contribution in [-0.4, -0.2) is 33.5 Å². The zero-order chi connectivity index (χ0) is 20.3. The second kappa shape index (κ2) is 7.79. The summed E-state index contributed by atoms with van der Waals surface area (Å²) in [6, 6.07) is 8.97. The van der Waals surface area contributed by atoms with Crippen molar-refractivity contribution in [2.24, 2.45) is 0 Å². The van der Waals surface area contributed by atoms with Crippen molar-refractivity contribution in [1.82, 2.24) is 19.7 Å². The van der Waals surface area contributed by atoms with Crippen molar-refractivity contribution in [1.29, 1.82) is 0 Å². The van der Waals surface area contributed by atoms with Gasteiger partial charge in [0, 0.05) is 5.56 Å². The smallest absolute Gasteiger partial charge is 0.453 e. The number of nitrogens with zero attached hydrogens (tertiary/aromatic N) is 4. The number of rotatable bonds is 6. The first kappa shape index (κ1) is 19.5. The molecule has 148 valence electrons. The largest absolute Gasteiger partial charge is 0.494 e. The lowest BCUT2D eigenvalue weighted by atomic mass is 10.1. The molecule has 0 N–H and O–H groups in total. The van der Waals surface area contributed by atoms with Crippen molar-refractivity contribution in [3.63, 3.8) is 0 Å². The first-order valence-corrected chi connectivity index (χ1v) is 7.82. The predicted octanol–water partition coefficient (Wildman–Crippen LogP) is 4.02. The first-order chi connectivity index (χ1) is 13.3. The van der Waals surface area contributed by atoms with Gasteiger partial charge >= 0.3 is 12.8 Å². The van der Waals surface area contributed by atoms with Crippen molar-refractivity contribution >= 4 is 0 Å². The molecule has 1 aromatic carbocycles. The van der Waals surface area contributed by atoms with Crippen molar-refractivity contribution in [3.05, 3.63) is 54.2 Å². The highest BCUT2D eigenvalue weighted by molar-refractivity contribution is 5.67. The summed E-state index contributed by atoms with van der Waals surface area (Å²) in [6.45, 7) is -3.06. The number of ether oxygens (including phenoxy) is 2. The fourth-order valence-electron chi connectivity index (χ4n) is 2.43. The van der Waals surface area contributed by atoms with Crippen LogP contribution < -0.4 is 9.47 Å². The van der Waals surface area contributed by atoms with Crippen molar-refractivity contribution in [2.75, 3.05) is 7.11 Å². The topological polar surface area (TPSA) is 62.1 Å². The van der Waals surface area contributed by atoms with E-state index in [9.17, 15) is 22.0 Å². The summed E-state index contributed by atoms with van der Waals surface area (Å²) >= 11 is 0. The van der Waals surface area contributed by atoms with Gasteiger partial charge in [0.1, 0.15) is 23.5 Å². The van der Waals surface area contributed by atoms with E-state index in [4.69, 9.17) is 4.74 Å². The van der Waals surface area contributed by atoms with Crippen LogP contribution in [0.25, 0.3) is 11.3 Å². The van der Waals surface area contributed by atoms with E-state index in [2.05, 4.69) is 19.8 Å². The Balaban J connectivity index is 1.91. The molecule has 0 aliphatic rings. The van der Waals surface area contributed by atoms with Gasteiger partial charge in [-0.25, -0.2) is 14.6 Å². The van der Waals surface area contributed by atoms with E-state index in [-0.39, 0.29) is 12.3 Å². The standard InChI is InChI=1S/C17H13F5N4O2/c1-27-13-6-5-11(8-26-9-23-15(25-26)17(20,21)22)24-14(13)10-3-2-4-12(7-10)28-16(18)19/h2-7,9,16H,8H2,1H3. The van der Waals surface area contributed by atoms with E-state index in [1.54, 1.807) is 18.2 Å². The number of hydrogen-bond acceptors (Lipinski definition) is 5. The van der Waals surface area contributed by atoms with Crippen LogP contribution in [0, 0.1) is 0 Å². The SMILES string of the molecule is COc1ccc(Cn2cnc(C(F)(F)F)n2)nc1-c1cccc(OC(F)F)c1. The van der Waals surface area contributed by atoms with E-state index in [1.165, 1.54) is 25.3 Å². The van der Waals surface area contributed by atoms with Crippen molar-refractivity contribution in [3.8, 4) is 22.8 Å². The lowest BCUT2D eigenvalue weighted by Crippen LogP contribution is -2.10. The van der Waals surface area contributed by atoms with Gasteiger partial charge < -0.3 is 9.47 Å². The average molecular weight is 400 g/mol. The monoisotopic (exact) mass is 400 g/mol. The van der Waals surface area contributed by atoms with E-state index >= 15 is 0 Å². The van der Waals surface area contributed by atoms with Crippen LogP contribution in [0.5, 0.6) is 11.5 Å². The third kappa shape index (κ3) is 4.53.